The van der Waals surface area contributed by atoms with Gasteiger partial charge in [0.2, 0.25) is 15.9 Å². The summed E-state index contributed by atoms with van der Waals surface area (Å²) in [4.78, 5) is 12.8. The predicted molar refractivity (Wildman–Crippen MR) is 102 cm³/mol. The van der Waals surface area contributed by atoms with Crippen LogP contribution in [0.2, 0.25) is 0 Å². The van der Waals surface area contributed by atoms with Gasteiger partial charge in [0.05, 0.1) is 4.90 Å². The highest BCUT2D eigenvalue weighted by molar-refractivity contribution is 7.98. The van der Waals surface area contributed by atoms with Gasteiger partial charge in [-0.1, -0.05) is 18.2 Å². The van der Waals surface area contributed by atoms with Crippen LogP contribution in [-0.2, 0) is 14.8 Å². The molecule has 1 unspecified atom stereocenters. The Kier molecular flexibility index (Phi) is 7.74. The Hall–Kier alpha value is -1.09. The molecular weight excluding hydrogens is 358 g/mol. The van der Waals surface area contributed by atoms with E-state index in [2.05, 4.69) is 10.0 Å². The second kappa shape index (κ2) is 9.56. The molecule has 0 saturated heterocycles. The largest absolute Gasteiger partial charge is 0.352 e. The van der Waals surface area contributed by atoms with Gasteiger partial charge in [-0.15, -0.1) is 0 Å². The van der Waals surface area contributed by atoms with E-state index in [1.807, 2.05) is 6.26 Å². The molecule has 4 N–H and O–H groups in total. The first-order valence-electron chi connectivity index (χ1n) is 8.54. The van der Waals surface area contributed by atoms with Crippen molar-refractivity contribution in [3.63, 3.8) is 0 Å². The molecule has 0 bridgehead atoms. The van der Waals surface area contributed by atoms with E-state index < -0.39 is 16.1 Å². The van der Waals surface area contributed by atoms with Gasteiger partial charge >= 0.3 is 0 Å². The Balaban J connectivity index is 2.03. The molecule has 0 aromatic heterocycles. The maximum absolute atomic E-state index is 12.6. The first-order valence-corrected chi connectivity index (χ1v) is 11.4. The number of sulfonamides is 1. The third kappa shape index (κ3) is 6.29. The summed E-state index contributed by atoms with van der Waals surface area (Å²) in [6.45, 7) is 0. The van der Waals surface area contributed by atoms with Gasteiger partial charge in [0.15, 0.2) is 0 Å². The Labute approximate surface area is 154 Å². The molecule has 140 valence electrons. The average Bonchev–Trinajstić information content (AvgIpc) is 2.61. The van der Waals surface area contributed by atoms with Crippen LogP contribution in [0.3, 0.4) is 0 Å². The molecular formula is C17H27N3O3S2. The van der Waals surface area contributed by atoms with Crippen molar-refractivity contribution >= 4 is 27.7 Å². The van der Waals surface area contributed by atoms with Crippen molar-refractivity contribution in [2.45, 2.75) is 55.1 Å². The molecule has 0 aliphatic heterocycles. The van der Waals surface area contributed by atoms with Gasteiger partial charge < -0.3 is 11.1 Å². The van der Waals surface area contributed by atoms with E-state index in [4.69, 9.17) is 5.73 Å². The molecule has 0 radical (unpaired) electrons. The molecule has 1 aliphatic carbocycles. The van der Waals surface area contributed by atoms with Crippen molar-refractivity contribution in [2.24, 2.45) is 5.73 Å². The predicted octanol–water partition coefficient (Wildman–Crippen LogP) is 1.47. The number of thioether (sulfide) groups is 1. The van der Waals surface area contributed by atoms with Gasteiger partial charge in [-0.25, -0.2) is 8.42 Å². The van der Waals surface area contributed by atoms with Crippen LogP contribution >= 0.6 is 11.8 Å². The number of hydrogen-bond donors (Lipinski definition) is 3. The lowest BCUT2D eigenvalue weighted by Gasteiger charge is -2.28. The summed E-state index contributed by atoms with van der Waals surface area (Å²) in [5.41, 5.74) is 5.89. The van der Waals surface area contributed by atoms with Crippen LogP contribution in [0.15, 0.2) is 35.2 Å². The molecule has 1 amide bonds. The molecule has 1 saturated carbocycles. The van der Waals surface area contributed by atoms with E-state index >= 15 is 0 Å². The standard InChI is InChI=1S/C17H27N3O3S2/c1-24-12-11-16(17(21)19-14-9-7-13(18)8-10-14)20-25(22,23)15-5-3-2-4-6-15/h2-6,13-14,16,20H,7-12,18H2,1H3,(H,19,21). The lowest BCUT2D eigenvalue weighted by molar-refractivity contribution is -0.123. The smallest absolute Gasteiger partial charge is 0.241 e. The van der Waals surface area contributed by atoms with Crippen molar-refractivity contribution in [1.82, 2.24) is 10.0 Å². The van der Waals surface area contributed by atoms with Gasteiger partial charge in [-0.3, -0.25) is 4.79 Å². The van der Waals surface area contributed by atoms with Crippen LogP contribution in [0, 0.1) is 0 Å². The van der Waals surface area contributed by atoms with Crippen molar-refractivity contribution < 1.29 is 13.2 Å². The van der Waals surface area contributed by atoms with Crippen molar-refractivity contribution in [3.8, 4) is 0 Å². The Morgan fingerprint density at radius 3 is 2.48 bits per heavy atom. The number of carbonyl (C=O) groups excluding carboxylic acids is 1. The number of amides is 1. The fourth-order valence-corrected chi connectivity index (χ4v) is 4.62. The second-order valence-corrected chi connectivity index (χ2v) is 9.09. The van der Waals surface area contributed by atoms with Gasteiger partial charge in [0.25, 0.3) is 0 Å². The van der Waals surface area contributed by atoms with Crippen LogP contribution in [0.4, 0.5) is 0 Å². The van der Waals surface area contributed by atoms with Crippen molar-refractivity contribution in [3.05, 3.63) is 30.3 Å². The zero-order valence-electron chi connectivity index (χ0n) is 14.5. The minimum Gasteiger partial charge on any atom is -0.352 e. The monoisotopic (exact) mass is 385 g/mol. The van der Waals surface area contributed by atoms with Gasteiger partial charge in [0, 0.05) is 12.1 Å². The summed E-state index contributed by atoms with van der Waals surface area (Å²) >= 11 is 1.58. The normalized spacial score (nSPS) is 22.3. The van der Waals surface area contributed by atoms with E-state index in [1.54, 1.807) is 30.0 Å². The van der Waals surface area contributed by atoms with Crippen LogP contribution < -0.4 is 15.8 Å². The summed E-state index contributed by atoms with van der Waals surface area (Å²) in [6, 6.07) is 7.64. The highest BCUT2D eigenvalue weighted by atomic mass is 32.2. The first-order chi connectivity index (χ1) is 11.9. The van der Waals surface area contributed by atoms with Crippen molar-refractivity contribution in [1.29, 1.82) is 0 Å². The molecule has 1 aliphatic rings. The first kappa shape index (κ1) is 20.2. The average molecular weight is 386 g/mol. The second-order valence-electron chi connectivity index (χ2n) is 6.39. The van der Waals surface area contributed by atoms with Gasteiger partial charge in [-0.05, 0) is 56.2 Å². The van der Waals surface area contributed by atoms with Crippen LogP contribution in [0.5, 0.6) is 0 Å². The molecule has 2 rings (SSSR count). The van der Waals surface area contributed by atoms with Crippen LogP contribution in [0.1, 0.15) is 32.1 Å². The quantitative estimate of drug-likeness (QED) is 0.629. The van der Waals surface area contributed by atoms with E-state index in [9.17, 15) is 13.2 Å². The number of hydrogen-bond acceptors (Lipinski definition) is 5. The van der Waals surface area contributed by atoms with Gasteiger partial charge in [-0.2, -0.15) is 16.5 Å². The number of benzene rings is 1. The van der Waals surface area contributed by atoms with E-state index in [0.29, 0.717) is 12.2 Å². The topological polar surface area (TPSA) is 101 Å². The molecule has 0 heterocycles. The molecule has 1 aromatic carbocycles. The highest BCUT2D eigenvalue weighted by Gasteiger charge is 2.28. The number of carbonyl (C=O) groups is 1. The van der Waals surface area contributed by atoms with E-state index in [1.165, 1.54) is 12.1 Å². The molecule has 6 nitrogen and oxygen atoms in total. The fraction of sp³-hybridized carbons (Fsp3) is 0.588. The summed E-state index contributed by atoms with van der Waals surface area (Å²) in [6.07, 6.45) is 5.84. The van der Waals surface area contributed by atoms with E-state index in [0.717, 1.165) is 25.7 Å². The maximum atomic E-state index is 12.6. The Morgan fingerprint density at radius 1 is 1.24 bits per heavy atom. The highest BCUT2D eigenvalue weighted by Crippen LogP contribution is 2.17. The summed E-state index contributed by atoms with van der Waals surface area (Å²) in [5, 5.41) is 2.99. The SMILES string of the molecule is CSCCC(NS(=O)(=O)c1ccccc1)C(=O)NC1CCC(N)CC1. The Bertz CT molecular complexity index is 644. The maximum Gasteiger partial charge on any atom is 0.241 e. The van der Waals surface area contributed by atoms with Crippen LogP contribution in [0.25, 0.3) is 0 Å². The number of rotatable bonds is 8. The molecule has 1 aromatic rings. The minimum absolute atomic E-state index is 0.0744. The summed E-state index contributed by atoms with van der Waals surface area (Å²) < 4.78 is 27.6. The number of nitrogens with one attached hydrogen (secondary N) is 2. The fourth-order valence-electron chi connectivity index (χ4n) is 2.90. The minimum atomic E-state index is -3.72. The lowest BCUT2D eigenvalue weighted by Crippen LogP contribution is -2.51. The molecule has 25 heavy (non-hydrogen) atoms. The summed E-state index contributed by atoms with van der Waals surface area (Å²) in [7, 11) is -3.72. The van der Waals surface area contributed by atoms with Gasteiger partial charge in [0.1, 0.15) is 6.04 Å². The van der Waals surface area contributed by atoms with E-state index in [-0.39, 0.29) is 22.9 Å². The molecule has 8 heteroatoms. The molecule has 1 atom stereocenters. The summed E-state index contributed by atoms with van der Waals surface area (Å²) in [5.74, 6) is 0.444. The molecule has 1 fully saturated rings. The number of nitrogens with two attached hydrogens (primary N) is 1. The zero-order valence-corrected chi connectivity index (χ0v) is 16.1. The lowest BCUT2D eigenvalue weighted by atomic mass is 9.91. The van der Waals surface area contributed by atoms with Crippen LogP contribution in [-0.4, -0.2) is 44.5 Å². The third-order valence-electron chi connectivity index (χ3n) is 4.40. The van der Waals surface area contributed by atoms with Crippen molar-refractivity contribution in [2.75, 3.05) is 12.0 Å². The molecule has 0 spiro atoms. The zero-order chi connectivity index (χ0) is 18.3. The third-order valence-corrected chi connectivity index (χ3v) is 6.53. The Morgan fingerprint density at radius 2 is 1.88 bits per heavy atom.